The Morgan fingerprint density at radius 3 is 2.61 bits per heavy atom. The molecule has 1 unspecified atom stereocenters. The predicted octanol–water partition coefficient (Wildman–Crippen LogP) is 5.98. The van der Waals surface area contributed by atoms with Crippen LogP contribution in [0.15, 0.2) is 60.9 Å². The number of hydrogen-bond acceptors (Lipinski definition) is 5. The average Bonchev–Trinajstić information content (AvgIpc) is 3.24. The van der Waals surface area contributed by atoms with E-state index in [0.29, 0.717) is 36.8 Å². The van der Waals surface area contributed by atoms with Gasteiger partial charge in [-0.15, -0.1) is 0 Å². The van der Waals surface area contributed by atoms with Crippen LogP contribution in [0.4, 0.5) is 0 Å². The Labute approximate surface area is 223 Å². The van der Waals surface area contributed by atoms with Crippen molar-refractivity contribution in [2.45, 2.75) is 52.3 Å². The molecule has 5 rings (SSSR count). The molecule has 0 saturated carbocycles. The van der Waals surface area contributed by atoms with Crippen LogP contribution in [0.1, 0.15) is 52.0 Å². The second-order valence-electron chi connectivity index (χ2n) is 9.94. The fourth-order valence-electron chi connectivity index (χ4n) is 4.96. The maximum Gasteiger partial charge on any atom is 0.254 e. The lowest BCUT2D eigenvalue weighted by Crippen LogP contribution is -2.30. The highest BCUT2D eigenvalue weighted by Gasteiger charge is 2.20. The van der Waals surface area contributed by atoms with E-state index in [0.717, 1.165) is 59.2 Å². The molecular formula is C31H35N3O4. The lowest BCUT2D eigenvalue weighted by molar-refractivity contribution is -0.0115. The van der Waals surface area contributed by atoms with Gasteiger partial charge in [-0.2, -0.15) is 0 Å². The molecule has 1 saturated heterocycles. The summed E-state index contributed by atoms with van der Waals surface area (Å²) < 4.78 is 17.5. The first-order valence-electron chi connectivity index (χ1n) is 13.2. The van der Waals surface area contributed by atoms with Gasteiger partial charge >= 0.3 is 0 Å². The summed E-state index contributed by atoms with van der Waals surface area (Å²) in [5.74, 6) is 1.30. The molecule has 3 heterocycles. The third-order valence-corrected chi connectivity index (χ3v) is 7.27. The Kier molecular flexibility index (Phi) is 7.94. The lowest BCUT2D eigenvalue weighted by atomic mass is 10.1. The minimum absolute atomic E-state index is 0.0316. The van der Waals surface area contributed by atoms with Crippen molar-refractivity contribution in [1.82, 2.24) is 14.9 Å². The number of fused-ring (bicyclic) bond motifs is 1. The Morgan fingerprint density at radius 2 is 1.84 bits per heavy atom. The SMILES string of the molecule is COc1ccc(CN(Cc2ccncc2)C(=O)c2ccc3[nH]c(C)c(C)c3c2)cc1OCC1CCCCO1. The number of carbonyl (C=O) groups excluding carboxylic acids is 1. The molecule has 1 aliphatic heterocycles. The molecule has 2 aromatic carbocycles. The van der Waals surface area contributed by atoms with Gasteiger partial charge in [0.25, 0.3) is 5.91 Å². The number of hydrogen-bond donors (Lipinski definition) is 1. The van der Waals surface area contributed by atoms with E-state index in [-0.39, 0.29) is 12.0 Å². The molecule has 4 aromatic rings. The molecule has 1 aliphatic rings. The van der Waals surface area contributed by atoms with Crippen LogP contribution in [0, 0.1) is 13.8 Å². The predicted molar refractivity (Wildman–Crippen MR) is 148 cm³/mol. The molecule has 1 N–H and O–H groups in total. The first-order chi connectivity index (χ1) is 18.5. The van der Waals surface area contributed by atoms with Gasteiger partial charge in [0.05, 0.1) is 13.2 Å². The molecule has 198 valence electrons. The molecule has 1 fully saturated rings. The summed E-state index contributed by atoms with van der Waals surface area (Å²) >= 11 is 0. The van der Waals surface area contributed by atoms with Crippen LogP contribution in [-0.4, -0.2) is 47.2 Å². The van der Waals surface area contributed by atoms with Gasteiger partial charge in [-0.25, -0.2) is 0 Å². The van der Waals surface area contributed by atoms with Crippen molar-refractivity contribution in [3.63, 3.8) is 0 Å². The van der Waals surface area contributed by atoms with Crippen LogP contribution in [0.5, 0.6) is 11.5 Å². The Hall–Kier alpha value is -3.84. The maximum absolute atomic E-state index is 13.9. The number of aromatic amines is 1. The van der Waals surface area contributed by atoms with Gasteiger partial charge in [0, 0.05) is 54.3 Å². The topological polar surface area (TPSA) is 76.7 Å². The van der Waals surface area contributed by atoms with E-state index in [1.807, 2.05) is 53.4 Å². The third kappa shape index (κ3) is 5.83. The minimum atomic E-state index is -0.0316. The van der Waals surface area contributed by atoms with Crippen LogP contribution in [0.2, 0.25) is 0 Å². The quantitative estimate of drug-likeness (QED) is 0.298. The molecular weight excluding hydrogens is 478 g/mol. The average molecular weight is 514 g/mol. The molecule has 7 nitrogen and oxygen atoms in total. The Balaban J connectivity index is 1.41. The van der Waals surface area contributed by atoms with E-state index < -0.39 is 0 Å². The number of ether oxygens (including phenoxy) is 3. The van der Waals surface area contributed by atoms with Crippen LogP contribution in [0.3, 0.4) is 0 Å². The zero-order valence-corrected chi connectivity index (χ0v) is 22.3. The maximum atomic E-state index is 13.9. The minimum Gasteiger partial charge on any atom is -0.493 e. The molecule has 38 heavy (non-hydrogen) atoms. The first-order valence-corrected chi connectivity index (χ1v) is 13.2. The normalized spacial score (nSPS) is 15.4. The largest absolute Gasteiger partial charge is 0.493 e. The number of amides is 1. The summed E-state index contributed by atoms with van der Waals surface area (Å²) in [6.07, 6.45) is 6.86. The highest BCUT2D eigenvalue weighted by atomic mass is 16.5. The van der Waals surface area contributed by atoms with Crippen molar-refractivity contribution < 1.29 is 19.0 Å². The van der Waals surface area contributed by atoms with E-state index in [9.17, 15) is 4.79 Å². The summed E-state index contributed by atoms with van der Waals surface area (Å²) in [6.45, 7) is 6.28. The summed E-state index contributed by atoms with van der Waals surface area (Å²) in [4.78, 5) is 23.3. The van der Waals surface area contributed by atoms with Crippen molar-refractivity contribution >= 4 is 16.8 Å². The Morgan fingerprint density at radius 1 is 1.03 bits per heavy atom. The number of pyridine rings is 1. The molecule has 1 atom stereocenters. The molecule has 0 spiro atoms. The Bertz CT molecular complexity index is 1390. The molecule has 1 amide bonds. The number of methoxy groups -OCH3 is 1. The van der Waals surface area contributed by atoms with Crippen molar-refractivity contribution in [1.29, 1.82) is 0 Å². The molecule has 0 radical (unpaired) electrons. The van der Waals surface area contributed by atoms with Gasteiger partial charge < -0.3 is 24.1 Å². The summed E-state index contributed by atoms with van der Waals surface area (Å²) in [5.41, 5.74) is 5.95. The van der Waals surface area contributed by atoms with E-state index in [2.05, 4.69) is 23.8 Å². The number of carbonyl (C=O) groups is 1. The standard InChI is InChI=1S/C31H35N3O4/c1-21-22(2)33-28-9-8-25(17-27(21)28)31(35)34(18-23-11-13-32-14-12-23)19-24-7-10-29(36-3)30(16-24)38-20-26-6-4-5-15-37-26/h7-14,16-17,26,33H,4-6,15,18-20H2,1-3H3. The van der Waals surface area contributed by atoms with Gasteiger partial charge in [0.2, 0.25) is 0 Å². The molecule has 2 aromatic heterocycles. The number of nitrogens with one attached hydrogen (secondary N) is 1. The number of nitrogens with zero attached hydrogens (tertiary/aromatic N) is 2. The molecule has 0 bridgehead atoms. The van der Waals surface area contributed by atoms with Crippen LogP contribution in [-0.2, 0) is 17.8 Å². The highest BCUT2D eigenvalue weighted by Crippen LogP contribution is 2.30. The number of aryl methyl sites for hydroxylation is 2. The highest BCUT2D eigenvalue weighted by molar-refractivity contribution is 5.99. The fourth-order valence-corrected chi connectivity index (χ4v) is 4.96. The van der Waals surface area contributed by atoms with E-state index in [1.54, 1.807) is 19.5 Å². The van der Waals surface area contributed by atoms with Gasteiger partial charge in [-0.05, 0) is 92.3 Å². The first kappa shape index (κ1) is 25.8. The summed E-state index contributed by atoms with van der Waals surface area (Å²) in [6, 6.07) is 15.6. The van der Waals surface area contributed by atoms with Crippen LogP contribution < -0.4 is 9.47 Å². The van der Waals surface area contributed by atoms with Crippen molar-refractivity contribution in [2.75, 3.05) is 20.3 Å². The second kappa shape index (κ2) is 11.7. The molecule has 7 heteroatoms. The zero-order valence-electron chi connectivity index (χ0n) is 22.3. The van der Waals surface area contributed by atoms with Crippen molar-refractivity contribution in [2.24, 2.45) is 0 Å². The van der Waals surface area contributed by atoms with Gasteiger partial charge in [0.15, 0.2) is 11.5 Å². The lowest BCUT2D eigenvalue weighted by Gasteiger charge is -2.25. The van der Waals surface area contributed by atoms with Crippen LogP contribution >= 0.6 is 0 Å². The van der Waals surface area contributed by atoms with Gasteiger partial charge in [-0.1, -0.05) is 6.07 Å². The number of benzene rings is 2. The number of rotatable bonds is 9. The smallest absolute Gasteiger partial charge is 0.254 e. The van der Waals surface area contributed by atoms with Gasteiger partial charge in [0.1, 0.15) is 6.61 Å². The number of aromatic nitrogens is 2. The van der Waals surface area contributed by atoms with Crippen molar-refractivity contribution in [3.05, 3.63) is 88.9 Å². The van der Waals surface area contributed by atoms with Crippen molar-refractivity contribution in [3.8, 4) is 11.5 Å². The molecule has 0 aliphatic carbocycles. The van der Waals surface area contributed by atoms with Crippen LogP contribution in [0.25, 0.3) is 10.9 Å². The monoisotopic (exact) mass is 513 g/mol. The third-order valence-electron chi connectivity index (χ3n) is 7.27. The fraction of sp³-hybridized carbons (Fsp3) is 0.355. The number of H-pyrrole nitrogens is 1. The van der Waals surface area contributed by atoms with E-state index >= 15 is 0 Å². The second-order valence-corrected chi connectivity index (χ2v) is 9.94. The zero-order chi connectivity index (χ0) is 26.5. The van der Waals surface area contributed by atoms with E-state index in [4.69, 9.17) is 14.2 Å². The summed E-state index contributed by atoms with van der Waals surface area (Å²) in [5, 5.41) is 1.07. The van der Waals surface area contributed by atoms with Gasteiger partial charge in [-0.3, -0.25) is 9.78 Å². The van der Waals surface area contributed by atoms with E-state index in [1.165, 1.54) is 0 Å². The summed E-state index contributed by atoms with van der Waals surface area (Å²) in [7, 11) is 1.64.